The van der Waals surface area contributed by atoms with E-state index in [1.54, 1.807) is 9.80 Å². The molecular formula is C32H36Cl2F6IN9O2Si. The molecule has 53 heavy (non-hydrogen) atoms. The van der Waals surface area contributed by atoms with E-state index in [-0.39, 0.29) is 49.8 Å². The molecule has 0 aromatic carbocycles. The Bertz CT molecular complexity index is 1660. The molecule has 0 saturated carbocycles. The van der Waals surface area contributed by atoms with Gasteiger partial charge in [-0.3, -0.25) is 9.59 Å². The van der Waals surface area contributed by atoms with Crippen molar-refractivity contribution in [2.75, 3.05) is 49.1 Å². The van der Waals surface area contributed by atoms with Crippen molar-refractivity contribution in [2.24, 2.45) is 0 Å². The summed E-state index contributed by atoms with van der Waals surface area (Å²) in [7, 11) is 0. The number of fused-ring (bicyclic) bond motifs is 2. The predicted molar refractivity (Wildman–Crippen MR) is 199 cm³/mol. The number of nitrogens with one attached hydrogen (secondary N) is 1. The first-order valence-corrected chi connectivity index (χ1v) is 23.7. The number of alkyl halides is 6. The summed E-state index contributed by atoms with van der Waals surface area (Å²) in [4.78, 5) is 44.6. The Morgan fingerprint density at radius 3 is 1.62 bits per heavy atom. The van der Waals surface area contributed by atoms with E-state index >= 15 is 0 Å². The van der Waals surface area contributed by atoms with Crippen LogP contribution in [0.4, 0.5) is 38.0 Å². The topological polar surface area (TPSA) is 111 Å². The molecule has 0 bridgehead atoms. The van der Waals surface area contributed by atoms with Gasteiger partial charge in [-0.05, 0) is 42.5 Å². The van der Waals surface area contributed by atoms with Gasteiger partial charge in [0.15, 0.2) is 0 Å². The number of hydrogen-bond donors (Lipinski definition) is 1. The van der Waals surface area contributed by atoms with Crippen LogP contribution < -0.4 is 15.1 Å². The average Bonchev–Trinajstić information content (AvgIpc) is 3.75. The van der Waals surface area contributed by atoms with E-state index in [2.05, 4.69) is 78.5 Å². The van der Waals surface area contributed by atoms with E-state index in [9.17, 15) is 35.9 Å². The van der Waals surface area contributed by atoms with Gasteiger partial charge in [-0.2, -0.15) is 26.3 Å². The monoisotopic (exact) mass is 917 g/mol. The molecule has 4 aliphatic rings. The van der Waals surface area contributed by atoms with Crippen LogP contribution in [-0.2, 0) is 35.5 Å². The zero-order chi connectivity index (χ0) is 39.5. The van der Waals surface area contributed by atoms with Gasteiger partial charge in [0.2, 0.25) is 10.6 Å². The molecule has 2 amide bonds. The number of carbonyl (C=O) groups excluding carboxylic acids is 2. The van der Waals surface area contributed by atoms with Crippen LogP contribution in [0.5, 0.6) is 0 Å². The maximum atomic E-state index is 12.6. The Morgan fingerprint density at radius 2 is 1.19 bits per heavy atom. The van der Waals surface area contributed by atoms with E-state index < -0.39 is 41.8 Å². The van der Waals surface area contributed by atoms with Gasteiger partial charge in [0, 0.05) is 50.4 Å². The molecule has 21 heteroatoms. The van der Waals surface area contributed by atoms with Crippen molar-refractivity contribution >= 4 is 74.0 Å². The molecule has 2 atom stereocenters. The number of aryl methyl sites for hydroxylation is 1. The fraction of sp³-hybridized carbons (Fsp3) is 0.562. The van der Waals surface area contributed by atoms with E-state index in [1.165, 1.54) is 0 Å². The number of nitrogens with zero attached hydrogens (tertiary/aromatic N) is 8. The lowest BCUT2D eigenvalue weighted by Crippen LogP contribution is -2.57. The number of carbonyl (C=O) groups is 2. The number of halogens is 9. The van der Waals surface area contributed by atoms with Crippen molar-refractivity contribution in [3.05, 3.63) is 33.1 Å². The summed E-state index contributed by atoms with van der Waals surface area (Å²) in [5, 5.41) is 3.27. The zero-order valence-corrected chi connectivity index (χ0v) is 33.6. The van der Waals surface area contributed by atoms with E-state index in [0.29, 0.717) is 24.7 Å². The summed E-state index contributed by atoms with van der Waals surface area (Å²) in [5.41, 5.74) is 2.73. The Labute approximate surface area is 326 Å². The molecule has 2 saturated heterocycles. The van der Waals surface area contributed by atoms with Gasteiger partial charge in [-0.25, -0.2) is 19.9 Å². The molecule has 288 valence electrons. The number of hydrogen-bond acceptors (Lipinski definition) is 9. The molecule has 3 aliphatic heterocycles. The minimum absolute atomic E-state index is 0.0528. The predicted octanol–water partition coefficient (Wildman–Crippen LogP) is 5.03. The van der Waals surface area contributed by atoms with Crippen LogP contribution in [-0.4, -0.2) is 111 Å². The third-order valence-corrected chi connectivity index (χ3v) is 8.61. The molecule has 6 rings (SSSR count). The molecule has 2 aromatic heterocycles. The van der Waals surface area contributed by atoms with Crippen molar-refractivity contribution in [3.63, 3.8) is 0 Å². The SMILES string of the molecule is C#C[C@H]1CN(C(=O)C(F)(F)F)CCN1c1nc(Cl)nc2c1CCC2.C#C[C@H]1CN(C(=O)C(F)(F)F)CCN1c1nc(Cl)nc2c1CNC2.C[Si](C)(C)I. The average molecular weight is 919 g/mol. The smallest absolute Gasteiger partial charge is 0.339 e. The summed E-state index contributed by atoms with van der Waals surface area (Å²) in [6.07, 6.45) is 3.66. The van der Waals surface area contributed by atoms with E-state index in [0.717, 1.165) is 51.6 Å². The first-order valence-electron chi connectivity index (χ1n) is 16.3. The second kappa shape index (κ2) is 17.1. The number of piperazine rings is 2. The highest BCUT2D eigenvalue weighted by Crippen LogP contribution is 2.33. The lowest BCUT2D eigenvalue weighted by Gasteiger charge is -2.40. The molecule has 1 N–H and O–H groups in total. The van der Waals surface area contributed by atoms with Gasteiger partial charge in [0.25, 0.3) is 0 Å². The summed E-state index contributed by atoms with van der Waals surface area (Å²) in [6.45, 7) is 7.71. The summed E-state index contributed by atoms with van der Waals surface area (Å²) < 4.78 is 75.7. The third kappa shape index (κ3) is 11.0. The maximum absolute atomic E-state index is 12.6. The van der Waals surface area contributed by atoms with Crippen LogP contribution >= 0.6 is 45.0 Å². The number of aromatic nitrogens is 4. The largest absolute Gasteiger partial charge is 0.471 e. The van der Waals surface area contributed by atoms with E-state index in [4.69, 9.17) is 36.0 Å². The Kier molecular flexibility index (Phi) is 13.8. The number of anilines is 2. The van der Waals surface area contributed by atoms with Crippen molar-refractivity contribution in [1.82, 2.24) is 35.1 Å². The van der Waals surface area contributed by atoms with Gasteiger partial charge in [-0.15, -0.1) is 34.6 Å². The van der Waals surface area contributed by atoms with Gasteiger partial charge in [0.05, 0.1) is 24.5 Å². The van der Waals surface area contributed by atoms with Crippen molar-refractivity contribution in [1.29, 1.82) is 0 Å². The number of rotatable bonds is 2. The van der Waals surface area contributed by atoms with Gasteiger partial charge < -0.3 is 24.9 Å². The number of amides is 2. The van der Waals surface area contributed by atoms with Crippen LogP contribution in [0, 0.1) is 24.7 Å². The zero-order valence-electron chi connectivity index (χ0n) is 28.9. The number of terminal acetylenes is 2. The standard InChI is InChI=1S/C15H14ClF3N4O.C14H13ClF3N5O.C3H9ISi/c1-2-9-8-22(13(24)15(17,18)19)6-7-23(9)12-10-4-3-5-11(10)20-14(16)21-12;1-2-8-7-22(12(24)14(16,17)18)3-4-23(8)11-9-5-19-6-10(9)20-13(15)21-11;1-5(2,3)4/h1,9H,3-8H2;1,8,19H,3-7H2;1-3H3/t9-;8-;/m00./s1. The van der Waals surface area contributed by atoms with Crippen LogP contribution in [0.25, 0.3) is 0 Å². The highest BCUT2D eigenvalue weighted by atomic mass is 127. The summed E-state index contributed by atoms with van der Waals surface area (Å²) in [5.74, 6) is 2.24. The van der Waals surface area contributed by atoms with Crippen LogP contribution in [0.1, 0.15) is 28.9 Å². The fourth-order valence-corrected chi connectivity index (χ4v) is 6.43. The molecule has 0 spiro atoms. The minimum atomic E-state index is -4.91. The van der Waals surface area contributed by atoms with Gasteiger partial charge in [-0.1, -0.05) is 31.5 Å². The third-order valence-electron chi connectivity index (χ3n) is 8.27. The summed E-state index contributed by atoms with van der Waals surface area (Å²) >= 11 is 14.4. The van der Waals surface area contributed by atoms with Crippen LogP contribution in [0.2, 0.25) is 30.2 Å². The molecule has 0 unspecified atom stereocenters. The molecule has 2 fully saturated rings. The lowest BCUT2D eigenvalue weighted by atomic mass is 10.1. The molecule has 1 aliphatic carbocycles. The fourth-order valence-electron chi connectivity index (χ4n) is 6.07. The second-order valence-corrected chi connectivity index (χ2v) is 27.8. The molecule has 2 aromatic rings. The second-order valence-electron chi connectivity index (χ2n) is 13.3. The molecular weight excluding hydrogens is 882 g/mol. The van der Waals surface area contributed by atoms with E-state index in [1.807, 2.05) is 0 Å². The highest BCUT2D eigenvalue weighted by Gasteiger charge is 2.46. The highest BCUT2D eigenvalue weighted by molar-refractivity contribution is 14.1. The van der Waals surface area contributed by atoms with Crippen molar-refractivity contribution < 1.29 is 35.9 Å². The maximum Gasteiger partial charge on any atom is 0.471 e. The molecule has 5 heterocycles. The summed E-state index contributed by atoms with van der Waals surface area (Å²) in [6, 6.07) is -1.42. The molecule has 11 nitrogen and oxygen atoms in total. The quantitative estimate of drug-likeness (QED) is 0.111. The van der Waals surface area contributed by atoms with Gasteiger partial charge in [0.1, 0.15) is 29.3 Å². The van der Waals surface area contributed by atoms with Gasteiger partial charge >= 0.3 is 24.2 Å². The minimum Gasteiger partial charge on any atom is -0.339 e. The van der Waals surface area contributed by atoms with Crippen LogP contribution in [0.15, 0.2) is 0 Å². The normalized spacial score (nSPS) is 19.9. The molecule has 0 radical (unpaired) electrons. The lowest BCUT2D eigenvalue weighted by molar-refractivity contribution is -0.186. The first-order chi connectivity index (χ1) is 24.6. The Balaban J connectivity index is 0.000000210. The van der Waals surface area contributed by atoms with Crippen molar-refractivity contribution in [3.8, 4) is 24.7 Å². The Hall–Kier alpha value is -3.11. The Morgan fingerprint density at radius 1 is 0.755 bits per heavy atom. The van der Waals surface area contributed by atoms with Crippen LogP contribution in [0.3, 0.4) is 0 Å². The first kappa shape index (κ1) is 42.6. The van der Waals surface area contributed by atoms with Crippen molar-refractivity contribution in [2.45, 2.75) is 76.4 Å².